The highest BCUT2D eigenvalue weighted by molar-refractivity contribution is 5.78. The Kier molecular flexibility index (Phi) is 8.23. The van der Waals surface area contributed by atoms with Crippen LogP contribution in [0.15, 0.2) is 11.6 Å². The van der Waals surface area contributed by atoms with E-state index in [0.29, 0.717) is 17.6 Å². The molecule has 1 heteroatoms. The van der Waals surface area contributed by atoms with Crippen molar-refractivity contribution in [3.05, 3.63) is 11.6 Å². The van der Waals surface area contributed by atoms with E-state index in [2.05, 4.69) is 40.7 Å². The molecular formula is C15H28O. The van der Waals surface area contributed by atoms with Crippen LogP contribution in [0, 0.1) is 11.8 Å². The van der Waals surface area contributed by atoms with Crippen molar-refractivity contribution in [2.75, 3.05) is 0 Å². The molecule has 1 atom stereocenters. The first-order valence-corrected chi connectivity index (χ1v) is 6.56. The molecule has 0 amide bonds. The average Bonchev–Trinajstić information content (AvgIpc) is 2.13. The topological polar surface area (TPSA) is 17.1 Å². The van der Waals surface area contributed by atoms with Crippen LogP contribution in [0.1, 0.15) is 66.7 Å². The van der Waals surface area contributed by atoms with Crippen molar-refractivity contribution in [2.45, 2.75) is 66.7 Å². The minimum Gasteiger partial charge on any atom is -0.300 e. The second kappa shape index (κ2) is 8.55. The number of ketones is 1. The van der Waals surface area contributed by atoms with Crippen LogP contribution >= 0.6 is 0 Å². The molecule has 0 rings (SSSR count). The third-order valence-corrected chi connectivity index (χ3v) is 2.76. The fourth-order valence-corrected chi connectivity index (χ4v) is 1.77. The van der Waals surface area contributed by atoms with Crippen LogP contribution in [0.3, 0.4) is 0 Å². The molecule has 1 unspecified atom stereocenters. The zero-order chi connectivity index (χ0) is 12.6. The molecule has 0 bridgehead atoms. The Labute approximate surface area is 101 Å². The van der Waals surface area contributed by atoms with Crippen molar-refractivity contribution < 1.29 is 4.79 Å². The summed E-state index contributed by atoms with van der Waals surface area (Å²) in [7, 11) is 0. The number of carbonyl (C=O) groups is 1. The molecule has 0 saturated carbocycles. The third kappa shape index (κ3) is 9.95. The summed E-state index contributed by atoms with van der Waals surface area (Å²) in [6.45, 7) is 10.7. The van der Waals surface area contributed by atoms with E-state index < -0.39 is 0 Å². The van der Waals surface area contributed by atoms with Crippen molar-refractivity contribution in [2.24, 2.45) is 11.8 Å². The Morgan fingerprint density at radius 3 is 2.25 bits per heavy atom. The Morgan fingerprint density at radius 2 is 1.75 bits per heavy atom. The number of Topliss-reactive ketones (excluding diaryl/α,β-unsaturated/α-hetero) is 1. The Morgan fingerprint density at radius 1 is 1.12 bits per heavy atom. The van der Waals surface area contributed by atoms with Crippen LogP contribution in [0.4, 0.5) is 0 Å². The molecule has 0 spiro atoms. The van der Waals surface area contributed by atoms with Crippen LogP contribution in [0.25, 0.3) is 0 Å². The van der Waals surface area contributed by atoms with Gasteiger partial charge in [0.25, 0.3) is 0 Å². The minimum absolute atomic E-state index is 0.434. The minimum atomic E-state index is 0.434. The zero-order valence-electron chi connectivity index (χ0n) is 11.7. The maximum atomic E-state index is 11.5. The van der Waals surface area contributed by atoms with E-state index >= 15 is 0 Å². The summed E-state index contributed by atoms with van der Waals surface area (Å²) in [6.07, 6.45) is 7.23. The number of hydrogen-bond acceptors (Lipinski definition) is 1. The van der Waals surface area contributed by atoms with Gasteiger partial charge in [0.15, 0.2) is 0 Å². The monoisotopic (exact) mass is 224 g/mol. The lowest BCUT2D eigenvalue weighted by Gasteiger charge is -2.10. The molecule has 0 aromatic rings. The van der Waals surface area contributed by atoms with Gasteiger partial charge in [0.2, 0.25) is 0 Å². The maximum Gasteiger partial charge on any atom is 0.133 e. The van der Waals surface area contributed by atoms with Gasteiger partial charge in [-0.3, -0.25) is 4.79 Å². The molecule has 0 saturated heterocycles. The number of hydrogen-bond donors (Lipinski definition) is 0. The number of rotatable bonds is 8. The molecule has 0 N–H and O–H groups in total. The van der Waals surface area contributed by atoms with E-state index in [4.69, 9.17) is 0 Å². The Hall–Kier alpha value is -0.590. The van der Waals surface area contributed by atoms with E-state index in [1.54, 1.807) is 0 Å². The van der Waals surface area contributed by atoms with Gasteiger partial charge < -0.3 is 0 Å². The molecule has 0 aliphatic carbocycles. The first kappa shape index (κ1) is 15.4. The summed E-state index contributed by atoms with van der Waals surface area (Å²) in [5, 5.41) is 0. The van der Waals surface area contributed by atoms with Gasteiger partial charge in [0, 0.05) is 12.8 Å². The molecule has 0 aromatic heterocycles. The lowest BCUT2D eigenvalue weighted by Crippen LogP contribution is -2.05. The molecule has 0 heterocycles. The van der Waals surface area contributed by atoms with Crippen LogP contribution < -0.4 is 0 Å². The second-order valence-corrected chi connectivity index (χ2v) is 5.64. The van der Waals surface area contributed by atoms with E-state index in [1.807, 2.05) is 0 Å². The average molecular weight is 224 g/mol. The van der Waals surface area contributed by atoms with Gasteiger partial charge in [-0.05, 0) is 44.9 Å². The van der Waals surface area contributed by atoms with Crippen LogP contribution in [-0.2, 0) is 4.79 Å². The largest absolute Gasteiger partial charge is 0.300 e. The molecule has 94 valence electrons. The predicted octanol–water partition coefficient (Wildman–Crippen LogP) is 4.76. The van der Waals surface area contributed by atoms with Gasteiger partial charge in [0.1, 0.15) is 5.78 Å². The molecule has 0 aromatic carbocycles. The zero-order valence-corrected chi connectivity index (χ0v) is 11.7. The van der Waals surface area contributed by atoms with E-state index in [-0.39, 0.29) is 0 Å². The molecule has 0 aliphatic rings. The fraction of sp³-hybridized carbons (Fsp3) is 0.800. The summed E-state index contributed by atoms with van der Waals surface area (Å²) in [6, 6.07) is 0. The normalized spacial score (nSPS) is 12.6. The van der Waals surface area contributed by atoms with Crippen molar-refractivity contribution in [1.82, 2.24) is 0 Å². The number of carbonyl (C=O) groups excluding carboxylic acids is 1. The quantitative estimate of drug-likeness (QED) is 0.543. The fourth-order valence-electron chi connectivity index (χ4n) is 1.77. The van der Waals surface area contributed by atoms with Crippen LogP contribution in [0.5, 0.6) is 0 Å². The maximum absolute atomic E-state index is 11.5. The highest BCUT2D eigenvalue weighted by atomic mass is 16.1. The molecular weight excluding hydrogens is 196 g/mol. The van der Waals surface area contributed by atoms with Crippen molar-refractivity contribution in [1.29, 1.82) is 0 Å². The van der Waals surface area contributed by atoms with Gasteiger partial charge in [-0.25, -0.2) is 0 Å². The van der Waals surface area contributed by atoms with Crippen molar-refractivity contribution >= 4 is 5.78 Å². The first-order chi connectivity index (χ1) is 7.41. The number of allylic oxidation sites excluding steroid dienone is 2. The highest BCUT2D eigenvalue weighted by Crippen LogP contribution is 2.15. The van der Waals surface area contributed by atoms with Gasteiger partial charge in [-0.1, -0.05) is 32.4 Å². The van der Waals surface area contributed by atoms with Gasteiger partial charge in [0.05, 0.1) is 0 Å². The first-order valence-electron chi connectivity index (χ1n) is 6.56. The third-order valence-electron chi connectivity index (χ3n) is 2.76. The van der Waals surface area contributed by atoms with Gasteiger partial charge in [-0.2, -0.15) is 0 Å². The van der Waals surface area contributed by atoms with E-state index in [9.17, 15) is 4.79 Å². The molecule has 0 aliphatic heterocycles. The smallest absolute Gasteiger partial charge is 0.133 e. The molecule has 16 heavy (non-hydrogen) atoms. The van der Waals surface area contributed by atoms with Crippen LogP contribution in [0.2, 0.25) is 0 Å². The van der Waals surface area contributed by atoms with Crippen molar-refractivity contribution in [3.63, 3.8) is 0 Å². The summed E-state index contributed by atoms with van der Waals surface area (Å²) in [5.74, 6) is 1.62. The highest BCUT2D eigenvalue weighted by Gasteiger charge is 2.08. The summed E-state index contributed by atoms with van der Waals surface area (Å²) < 4.78 is 0. The lowest BCUT2D eigenvalue weighted by atomic mass is 9.95. The molecule has 1 nitrogen and oxygen atoms in total. The standard InChI is InChI=1S/C15H28O/c1-12(2)7-6-8-14(5)9-10-15(16)11-13(3)4/h7,13-14H,6,8-11H2,1-5H3. The summed E-state index contributed by atoms with van der Waals surface area (Å²) in [4.78, 5) is 11.5. The Balaban J connectivity index is 3.61. The van der Waals surface area contributed by atoms with Crippen LogP contribution in [-0.4, -0.2) is 5.78 Å². The molecule has 0 radical (unpaired) electrons. The van der Waals surface area contributed by atoms with Gasteiger partial charge in [-0.15, -0.1) is 0 Å². The van der Waals surface area contributed by atoms with Crippen molar-refractivity contribution in [3.8, 4) is 0 Å². The summed E-state index contributed by atoms with van der Waals surface area (Å²) >= 11 is 0. The summed E-state index contributed by atoms with van der Waals surface area (Å²) in [5.41, 5.74) is 1.39. The van der Waals surface area contributed by atoms with E-state index in [0.717, 1.165) is 25.7 Å². The molecule has 0 fully saturated rings. The van der Waals surface area contributed by atoms with Gasteiger partial charge >= 0.3 is 0 Å². The SMILES string of the molecule is CC(C)=CCCC(C)CCC(=O)CC(C)C. The Bertz CT molecular complexity index is 222. The van der Waals surface area contributed by atoms with E-state index in [1.165, 1.54) is 12.0 Å². The second-order valence-electron chi connectivity index (χ2n) is 5.64. The lowest BCUT2D eigenvalue weighted by molar-refractivity contribution is -0.120. The predicted molar refractivity (Wildman–Crippen MR) is 71.5 cm³/mol.